The maximum atomic E-state index is 12.7. The molecule has 8 nitrogen and oxygen atoms in total. The Balaban J connectivity index is 1.54. The minimum absolute atomic E-state index is 0.0396. The number of methoxy groups -OCH3 is 1. The number of para-hydroxylation sites is 1. The highest BCUT2D eigenvalue weighted by Crippen LogP contribution is 2.37. The molecule has 0 unspecified atom stereocenters. The zero-order chi connectivity index (χ0) is 24.1. The van der Waals surface area contributed by atoms with Crippen molar-refractivity contribution in [1.82, 2.24) is 9.55 Å². The van der Waals surface area contributed by atoms with Gasteiger partial charge in [-0.05, 0) is 36.8 Å². The number of benzene rings is 2. The lowest BCUT2D eigenvalue weighted by Crippen LogP contribution is -2.23. The summed E-state index contributed by atoms with van der Waals surface area (Å²) < 4.78 is 11.8. The third-order valence-corrected chi connectivity index (χ3v) is 6.13. The number of nitrogens with zero attached hydrogens (tertiary/aromatic N) is 2. The molecule has 0 radical (unpaired) electrons. The summed E-state index contributed by atoms with van der Waals surface area (Å²) in [6, 6.07) is 14.3. The van der Waals surface area contributed by atoms with Crippen LogP contribution in [0.3, 0.4) is 0 Å². The standard InChI is InChI=1S/C25H23N3O5S/c1-3-33-25(31)22-19(16-8-10-17(32-2)11-9-16)14-34-23(22)27-21(29)12-13-28-15-26-20-7-5-4-6-18(20)24(28)30/h4-11,14-15H,3,12-13H2,1-2H3,(H,27,29). The van der Waals surface area contributed by atoms with Crippen molar-refractivity contribution in [3.63, 3.8) is 0 Å². The lowest BCUT2D eigenvalue weighted by molar-refractivity contribution is -0.116. The van der Waals surface area contributed by atoms with Gasteiger partial charge in [-0.15, -0.1) is 11.3 Å². The number of carbonyl (C=O) groups excluding carboxylic acids is 2. The van der Waals surface area contributed by atoms with E-state index >= 15 is 0 Å². The average Bonchev–Trinajstić information content (AvgIpc) is 3.27. The number of rotatable bonds is 8. The van der Waals surface area contributed by atoms with Crippen LogP contribution in [0.5, 0.6) is 5.75 Å². The van der Waals surface area contributed by atoms with Gasteiger partial charge in [0, 0.05) is 23.9 Å². The molecular weight excluding hydrogens is 454 g/mol. The topological polar surface area (TPSA) is 99.5 Å². The van der Waals surface area contributed by atoms with Gasteiger partial charge in [-0.25, -0.2) is 9.78 Å². The fourth-order valence-electron chi connectivity index (χ4n) is 3.52. The molecule has 4 aromatic rings. The molecule has 0 aliphatic rings. The zero-order valence-electron chi connectivity index (χ0n) is 18.7. The minimum atomic E-state index is -0.514. The number of hydrogen-bond donors (Lipinski definition) is 1. The van der Waals surface area contributed by atoms with Gasteiger partial charge in [0.2, 0.25) is 5.91 Å². The number of fused-ring (bicyclic) bond motifs is 1. The number of ether oxygens (including phenoxy) is 2. The fourth-order valence-corrected chi connectivity index (χ4v) is 4.49. The Morgan fingerprint density at radius 2 is 1.88 bits per heavy atom. The van der Waals surface area contributed by atoms with Crippen LogP contribution < -0.4 is 15.6 Å². The molecule has 2 heterocycles. The number of anilines is 1. The third kappa shape index (κ3) is 4.84. The van der Waals surface area contributed by atoms with Crippen molar-refractivity contribution in [3.05, 3.63) is 76.2 Å². The summed E-state index contributed by atoms with van der Waals surface area (Å²) in [6.07, 6.45) is 1.48. The second-order valence-electron chi connectivity index (χ2n) is 7.36. The molecule has 34 heavy (non-hydrogen) atoms. The molecule has 0 aliphatic heterocycles. The van der Waals surface area contributed by atoms with Crippen LogP contribution >= 0.6 is 11.3 Å². The molecule has 4 rings (SSSR count). The summed E-state index contributed by atoms with van der Waals surface area (Å²) >= 11 is 1.25. The van der Waals surface area contributed by atoms with Gasteiger partial charge < -0.3 is 14.8 Å². The van der Waals surface area contributed by atoms with Crippen LogP contribution in [-0.4, -0.2) is 35.1 Å². The molecule has 1 N–H and O–H groups in total. The SMILES string of the molecule is CCOC(=O)c1c(-c2ccc(OC)cc2)csc1NC(=O)CCn1cnc2ccccc2c1=O. The van der Waals surface area contributed by atoms with E-state index in [4.69, 9.17) is 9.47 Å². The van der Waals surface area contributed by atoms with Crippen LogP contribution in [0, 0.1) is 0 Å². The van der Waals surface area contributed by atoms with E-state index < -0.39 is 5.97 Å². The lowest BCUT2D eigenvalue weighted by Gasteiger charge is -2.10. The van der Waals surface area contributed by atoms with Gasteiger partial charge in [-0.2, -0.15) is 0 Å². The molecule has 1 amide bonds. The molecule has 2 aromatic carbocycles. The van der Waals surface area contributed by atoms with E-state index in [1.54, 1.807) is 49.7 Å². The van der Waals surface area contributed by atoms with Crippen LogP contribution in [-0.2, 0) is 16.1 Å². The first kappa shape index (κ1) is 23.2. The van der Waals surface area contributed by atoms with Gasteiger partial charge in [0.1, 0.15) is 16.3 Å². The van der Waals surface area contributed by atoms with E-state index in [1.807, 2.05) is 18.2 Å². The molecule has 0 aliphatic carbocycles. The van der Waals surface area contributed by atoms with Crippen molar-refractivity contribution in [2.75, 3.05) is 19.0 Å². The Bertz CT molecular complexity index is 1390. The Kier molecular flexibility index (Phi) is 7.03. The lowest BCUT2D eigenvalue weighted by atomic mass is 10.0. The molecule has 9 heteroatoms. The number of aryl methyl sites for hydroxylation is 1. The van der Waals surface area contributed by atoms with Crippen LogP contribution in [0.25, 0.3) is 22.0 Å². The summed E-state index contributed by atoms with van der Waals surface area (Å²) in [4.78, 5) is 42.4. The molecule has 0 bridgehead atoms. The average molecular weight is 478 g/mol. The van der Waals surface area contributed by atoms with Crippen molar-refractivity contribution >= 4 is 39.1 Å². The van der Waals surface area contributed by atoms with Crippen molar-refractivity contribution in [2.45, 2.75) is 19.9 Å². The van der Waals surface area contributed by atoms with E-state index in [1.165, 1.54) is 22.2 Å². The smallest absolute Gasteiger partial charge is 0.341 e. The van der Waals surface area contributed by atoms with Crippen LogP contribution in [0.15, 0.2) is 65.0 Å². The van der Waals surface area contributed by atoms with Gasteiger partial charge in [0.15, 0.2) is 0 Å². The first-order valence-corrected chi connectivity index (χ1v) is 11.6. The van der Waals surface area contributed by atoms with Gasteiger partial charge >= 0.3 is 5.97 Å². The fraction of sp³-hybridized carbons (Fsp3) is 0.200. The first-order valence-electron chi connectivity index (χ1n) is 10.7. The van der Waals surface area contributed by atoms with Crippen molar-refractivity contribution in [1.29, 1.82) is 0 Å². The number of thiophene rings is 1. The normalized spacial score (nSPS) is 10.8. The first-order chi connectivity index (χ1) is 16.5. The molecule has 0 saturated heterocycles. The van der Waals surface area contributed by atoms with E-state index in [0.29, 0.717) is 32.8 Å². The molecule has 0 spiro atoms. The Hall–Kier alpha value is -3.98. The Labute approximate surface area is 199 Å². The molecular formula is C25H23N3O5S. The highest BCUT2D eigenvalue weighted by atomic mass is 32.1. The van der Waals surface area contributed by atoms with E-state index in [0.717, 1.165) is 5.56 Å². The number of hydrogen-bond acceptors (Lipinski definition) is 7. The van der Waals surface area contributed by atoms with Crippen LogP contribution in [0.4, 0.5) is 5.00 Å². The van der Waals surface area contributed by atoms with E-state index in [2.05, 4.69) is 10.3 Å². The predicted octanol–water partition coefficient (Wildman–Crippen LogP) is 4.34. The maximum absolute atomic E-state index is 12.7. The summed E-state index contributed by atoms with van der Waals surface area (Å²) in [5.41, 5.74) is 2.17. The second kappa shape index (κ2) is 10.3. The molecule has 174 valence electrons. The summed E-state index contributed by atoms with van der Waals surface area (Å²) in [7, 11) is 1.58. The summed E-state index contributed by atoms with van der Waals surface area (Å²) in [6.45, 7) is 2.10. The van der Waals surface area contributed by atoms with Crippen LogP contribution in [0.2, 0.25) is 0 Å². The van der Waals surface area contributed by atoms with Crippen molar-refractivity contribution < 1.29 is 19.1 Å². The highest BCUT2D eigenvalue weighted by Gasteiger charge is 2.23. The summed E-state index contributed by atoms with van der Waals surface area (Å²) in [5, 5.41) is 5.51. The van der Waals surface area contributed by atoms with Gasteiger partial charge in [0.25, 0.3) is 5.56 Å². The molecule has 0 atom stereocenters. The Morgan fingerprint density at radius 3 is 2.62 bits per heavy atom. The molecule has 2 aromatic heterocycles. The second-order valence-corrected chi connectivity index (χ2v) is 8.24. The van der Waals surface area contributed by atoms with Gasteiger partial charge in [-0.3, -0.25) is 14.2 Å². The largest absolute Gasteiger partial charge is 0.497 e. The maximum Gasteiger partial charge on any atom is 0.341 e. The quantitative estimate of drug-likeness (QED) is 0.379. The number of amides is 1. The number of esters is 1. The minimum Gasteiger partial charge on any atom is -0.497 e. The predicted molar refractivity (Wildman–Crippen MR) is 132 cm³/mol. The van der Waals surface area contributed by atoms with Crippen molar-refractivity contribution in [2.24, 2.45) is 0 Å². The molecule has 0 fully saturated rings. The van der Waals surface area contributed by atoms with Gasteiger partial charge in [0.05, 0.1) is 30.9 Å². The number of aromatic nitrogens is 2. The Morgan fingerprint density at radius 1 is 1.12 bits per heavy atom. The van der Waals surface area contributed by atoms with E-state index in [9.17, 15) is 14.4 Å². The zero-order valence-corrected chi connectivity index (χ0v) is 19.6. The van der Waals surface area contributed by atoms with E-state index in [-0.39, 0.29) is 31.0 Å². The van der Waals surface area contributed by atoms with Crippen LogP contribution in [0.1, 0.15) is 23.7 Å². The number of nitrogens with one attached hydrogen (secondary N) is 1. The third-order valence-electron chi connectivity index (χ3n) is 5.24. The van der Waals surface area contributed by atoms with Gasteiger partial charge in [-0.1, -0.05) is 24.3 Å². The monoisotopic (exact) mass is 477 g/mol. The molecule has 0 saturated carbocycles. The van der Waals surface area contributed by atoms with Crippen molar-refractivity contribution in [3.8, 4) is 16.9 Å². The highest BCUT2D eigenvalue weighted by molar-refractivity contribution is 7.15. The summed E-state index contributed by atoms with van der Waals surface area (Å²) in [5.74, 6) is -0.142. The number of carbonyl (C=O) groups is 2.